The Morgan fingerprint density at radius 2 is 1.75 bits per heavy atom. The van der Waals surface area contributed by atoms with Gasteiger partial charge in [0, 0.05) is 5.92 Å². The Balaban J connectivity index is 2.11. The molecule has 1 fully saturated rings. The molecular weight excluding hydrogens is 380 g/mol. The van der Waals surface area contributed by atoms with E-state index in [1.165, 1.54) is 6.07 Å². The van der Waals surface area contributed by atoms with Gasteiger partial charge in [-0.15, -0.1) is 0 Å². The third-order valence-corrected chi connectivity index (χ3v) is 4.38. The molecule has 2 unspecified atom stereocenters. The molecule has 1 aromatic carbocycles. The molecule has 1 aliphatic rings. The van der Waals surface area contributed by atoms with Crippen LogP contribution < -0.4 is 10.6 Å². The van der Waals surface area contributed by atoms with Crippen LogP contribution in [0.4, 0.5) is 33.7 Å². The Morgan fingerprint density at radius 1 is 1.07 bits per heavy atom. The van der Waals surface area contributed by atoms with Gasteiger partial charge in [0.1, 0.15) is 11.4 Å². The molecule has 0 saturated heterocycles. The molecular formula is C19H24F4N2O3. The summed E-state index contributed by atoms with van der Waals surface area (Å²) in [6, 6.07) is 3.32. The van der Waals surface area contributed by atoms with Crippen LogP contribution in [-0.4, -0.2) is 23.8 Å². The van der Waals surface area contributed by atoms with Gasteiger partial charge in [-0.25, -0.2) is 9.18 Å². The molecule has 2 N–H and O–H groups in total. The van der Waals surface area contributed by atoms with E-state index in [0.717, 1.165) is 12.1 Å². The highest BCUT2D eigenvalue weighted by atomic mass is 19.4. The number of hydrogen-bond acceptors (Lipinski definition) is 3. The minimum absolute atomic E-state index is 0.00130. The lowest BCUT2D eigenvalue weighted by atomic mass is 9.80. The van der Waals surface area contributed by atoms with E-state index in [1.54, 1.807) is 20.8 Å². The topological polar surface area (TPSA) is 67.4 Å². The lowest BCUT2D eigenvalue weighted by Crippen LogP contribution is -2.34. The zero-order valence-electron chi connectivity index (χ0n) is 16.0. The molecule has 0 bridgehead atoms. The molecule has 0 radical (unpaired) electrons. The number of alkyl halides is 3. The van der Waals surface area contributed by atoms with Crippen LogP contribution in [0, 0.1) is 17.7 Å². The van der Waals surface area contributed by atoms with Crippen LogP contribution in [0.5, 0.6) is 0 Å². The fourth-order valence-corrected chi connectivity index (χ4v) is 3.10. The van der Waals surface area contributed by atoms with Gasteiger partial charge in [-0.2, -0.15) is 13.2 Å². The first-order chi connectivity index (χ1) is 12.8. The minimum atomic E-state index is -4.35. The predicted molar refractivity (Wildman–Crippen MR) is 96.4 cm³/mol. The van der Waals surface area contributed by atoms with Crippen molar-refractivity contribution < 1.29 is 31.9 Å². The number of amides is 2. The molecule has 1 aromatic rings. The van der Waals surface area contributed by atoms with Gasteiger partial charge in [-0.3, -0.25) is 10.1 Å². The van der Waals surface area contributed by atoms with Crippen molar-refractivity contribution in [2.45, 2.75) is 58.2 Å². The number of anilines is 2. The Morgan fingerprint density at radius 3 is 2.36 bits per heavy atom. The number of rotatable bonds is 3. The van der Waals surface area contributed by atoms with Gasteiger partial charge >= 0.3 is 12.3 Å². The molecule has 0 spiro atoms. The van der Waals surface area contributed by atoms with Crippen LogP contribution in [0.25, 0.3) is 0 Å². The van der Waals surface area contributed by atoms with Crippen molar-refractivity contribution in [3.63, 3.8) is 0 Å². The summed E-state index contributed by atoms with van der Waals surface area (Å²) < 4.78 is 57.6. The Kier molecular flexibility index (Phi) is 6.56. The molecule has 0 aromatic heterocycles. The number of halogens is 4. The summed E-state index contributed by atoms with van der Waals surface area (Å²) in [6.45, 7) is 5.00. The highest BCUT2D eigenvalue weighted by Gasteiger charge is 2.43. The van der Waals surface area contributed by atoms with Gasteiger partial charge in [0.05, 0.1) is 17.3 Å². The normalized spacial score (nSPS) is 20.4. The summed E-state index contributed by atoms with van der Waals surface area (Å²) in [7, 11) is 0. The Bertz CT molecular complexity index is 729. The monoisotopic (exact) mass is 404 g/mol. The average molecular weight is 404 g/mol. The van der Waals surface area contributed by atoms with E-state index in [2.05, 4.69) is 10.6 Å². The van der Waals surface area contributed by atoms with E-state index in [-0.39, 0.29) is 30.6 Å². The summed E-state index contributed by atoms with van der Waals surface area (Å²) in [5.41, 5.74) is -0.709. The number of nitrogens with one attached hydrogen (secondary N) is 2. The summed E-state index contributed by atoms with van der Waals surface area (Å²) in [6.07, 6.45) is -4.85. The van der Waals surface area contributed by atoms with Crippen molar-refractivity contribution in [2.75, 3.05) is 10.6 Å². The summed E-state index contributed by atoms with van der Waals surface area (Å²) in [5.74, 6) is -3.66. The molecule has 2 amide bonds. The molecule has 5 nitrogen and oxygen atoms in total. The highest BCUT2D eigenvalue weighted by Crippen LogP contribution is 2.40. The largest absolute Gasteiger partial charge is 0.444 e. The SMILES string of the molecule is CC(C)(C)OC(=O)Nc1ccc(F)cc1NC(=O)C1CCCC(C(F)(F)F)C1. The predicted octanol–water partition coefficient (Wildman–Crippen LogP) is 5.48. The molecule has 1 saturated carbocycles. The first-order valence-corrected chi connectivity index (χ1v) is 9.02. The lowest BCUT2D eigenvalue weighted by molar-refractivity contribution is -0.185. The zero-order chi connectivity index (χ0) is 21.1. The van der Waals surface area contributed by atoms with Crippen LogP contribution in [0.1, 0.15) is 46.5 Å². The maximum atomic E-state index is 13.6. The molecule has 0 heterocycles. The number of ether oxygens (including phenoxy) is 1. The van der Waals surface area contributed by atoms with Crippen molar-refractivity contribution in [3.05, 3.63) is 24.0 Å². The van der Waals surface area contributed by atoms with Crippen LogP contribution in [-0.2, 0) is 9.53 Å². The smallest absolute Gasteiger partial charge is 0.412 e. The molecule has 1 aliphatic carbocycles. The standard InChI is InChI=1S/C19H24F4N2O3/c1-18(2,3)28-17(27)25-14-8-7-13(20)10-15(14)24-16(26)11-5-4-6-12(9-11)19(21,22)23/h7-8,10-12H,4-6,9H2,1-3H3,(H,24,26)(H,25,27). The third kappa shape index (κ3) is 6.38. The lowest BCUT2D eigenvalue weighted by Gasteiger charge is -2.30. The van der Waals surface area contributed by atoms with Crippen molar-refractivity contribution in [1.29, 1.82) is 0 Å². The molecule has 2 rings (SSSR count). The van der Waals surface area contributed by atoms with E-state index < -0.39 is 41.4 Å². The van der Waals surface area contributed by atoms with E-state index in [0.29, 0.717) is 6.42 Å². The number of benzene rings is 1. The maximum Gasteiger partial charge on any atom is 0.412 e. The Hall–Kier alpha value is -2.32. The first kappa shape index (κ1) is 22.0. The number of carbonyl (C=O) groups excluding carboxylic acids is 2. The molecule has 9 heteroatoms. The van der Waals surface area contributed by atoms with Gasteiger partial charge in [-0.1, -0.05) is 6.42 Å². The van der Waals surface area contributed by atoms with E-state index in [9.17, 15) is 27.2 Å². The van der Waals surface area contributed by atoms with Gasteiger partial charge in [0.2, 0.25) is 5.91 Å². The second-order valence-corrected chi connectivity index (χ2v) is 7.91. The average Bonchev–Trinajstić information content (AvgIpc) is 2.55. The van der Waals surface area contributed by atoms with Crippen LogP contribution in [0.2, 0.25) is 0 Å². The van der Waals surface area contributed by atoms with E-state index in [1.807, 2.05) is 0 Å². The van der Waals surface area contributed by atoms with Crippen molar-refractivity contribution >= 4 is 23.4 Å². The van der Waals surface area contributed by atoms with Crippen molar-refractivity contribution in [2.24, 2.45) is 11.8 Å². The van der Waals surface area contributed by atoms with Crippen LogP contribution in [0.15, 0.2) is 18.2 Å². The zero-order valence-corrected chi connectivity index (χ0v) is 16.0. The minimum Gasteiger partial charge on any atom is -0.444 e. The maximum absolute atomic E-state index is 13.6. The van der Waals surface area contributed by atoms with E-state index in [4.69, 9.17) is 4.74 Å². The second kappa shape index (κ2) is 8.36. The van der Waals surface area contributed by atoms with Gasteiger partial charge < -0.3 is 10.1 Å². The van der Waals surface area contributed by atoms with Crippen molar-refractivity contribution in [1.82, 2.24) is 0 Å². The van der Waals surface area contributed by atoms with Gasteiger partial charge in [0.15, 0.2) is 0 Å². The number of hydrogen-bond donors (Lipinski definition) is 2. The summed E-state index contributed by atoms with van der Waals surface area (Å²) >= 11 is 0. The summed E-state index contributed by atoms with van der Waals surface area (Å²) in [4.78, 5) is 24.4. The second-order valence-electron chi connectivity index (χ2n) is 7.91. The van der Waals surface area contributed by atoms with Crippen LogP contribution >= 0.6 is 0 Å². The fraction of sp³-hybridized carbons (Fsp3) is 0.579. The Labute approximate surface area is 160 Å². The molecule has 0 aliphatic heterocycles. The van der Waals surface area contributed by atoms with E-state index >= 15 is 0 Å². The van der Waals surface area contributed by atoms with Crippen molar-refractivity contribution in [3.8, 4) is 0 Å². The first-order valence-electron chi connectivity index (χ1n) is 9.02. The fourth-order valence-electron chi connectivity index (χ4n) is 3.10. The third-order valence-electron chi connectivity index (χ3n) is 4.38. The summed E-state index contributed by atoms with van der Waals surface area (Å²) in [5, 5.41) is 4.86. The number of carbonyl (C=O) groups is 2. The molecule has 2 atom stereocenters. The van der Waals surface area contributed by atoms with Gasteiger partial charge in [-0.05, 0) is 58.2 Å². The van der Waals surface area contributed by atoms with Crippen LogP contribution in [0.3, 0.4) is 0 Å². The highest BCUT2D eigenvalue weighted by molar-refractivity contribution is 5.98. The molecule has 28 heavy (non-hydrogen) atoms. The molecule has 156 valence electrons. The van der Waals surface area contributed by atoms with Gasteiger partial charge in [0.25, 0.3) is 0 Å². The quantitative estimate of drug-likeness (QED) is 0.656.